The van der Waals surface area contributed by atoms with Crippen LogP contribution in [0, 0.1) is 0 Å². The van der Waals surface area contributed by atoms with Gasteiger partial charge in [-0.25, -0.2) is 4.98 Å². The number of pyridine rings is 1. The molecule has 1 N–H and O–H groups in total. The first kappa shape index (κ1) is 12.7. The fourth-order valence-electron chi connectivity index (χ4n) is 1.46. The van der Waals surface area contributed by atoms with Crippen LogP contribution in [0.3, 0.4) is 0 Å². The van der Waals surface area contributed by atoms with Gasteiger partial charge in [0.15, 0.2) is 5.82 Å². The number of carbonyl (C=O) groups is 1. The zero-order valence-electron chi connectivity index (χ0n) is 9.80. The quantitative estimate of drug-likeness (QED) is 0.866. The fraction of sp³-hybridized carbons (Fsp3) is 0.273. The third kappa shape index (κ3) is 2.92. The predicted octanol–water partition coefficient (Wildman–Crippen LogP) is 1.39. The van der Waals surface area contributed by atoms with Crippen LogP contribution in [-0.2, 0) is 13.1 Å². The lowest BCUT2D eigenvalue weighted by molar-refractivity contribution is 0.0944. The molecule has 18 heavy (non-hydrogen) atoms. The first-order chi connectivity index (χ1) is 8.70. The number of aryl methyl sites for hydroxylation is 1. The van der Waals surface area contributed by atoms with E-state index in [1.165, 1.54) is 0 Å². The Morgan fingerprint density at radius 1 is 1.50 bits per heavy atom. The Balaban J connectivity index is 2.00. The minimum Gasteiger partial charge on any atom is -0.343 e. The standard InChI is InChI=1S/C11H12BrN5O/c1-2-17-7-14-16-10(17)6-13-11(18)8-4-3-5-9(12)15-8/h3-5,7H,2,6H2,1H3,(H,13,18). The molecule has 0 spiro atoms. The van der Waals surface area contributed by atoms with Crippen molar-refractivity contribution in [3.63, 3.8) is 0 Å². The highest BCUT2D eigenvalue weighted by molar-refractivity contribution is 9.10. The molecule has 0 aromatic carbocycles. The molecule has 7 heteroatoms. The molecule has 1 amide bonds. The van der Waals surface area contributed by atoms with Gasteiger partial charge in [0.2, 0.25) is 0 Å². The average molecular weight is 310 g/mol. The summed E-state index contributed by atoms with van der Waals surface area (Å²) in [5, 5.41) is 10.5. The molecule has 2 aromatic rings. The van der Waals surface area contributed by atoms with Gasteiger partial charge >= 0.3 is 0 Å². The SMILES string of the molecule is CCn1cnnc1CNC(=O)c1cccc(Br)n1. The molecule has 0 fully saturated rings. The second-order valence-corrected chi connectivity index (χ2v) is 4.37. The topological polar surface area (TPSA) is 72.7 Å². The molecule has 0 radical (unpaired) electrons. The molecule has 0 saturated carbocycles. The maximum atomic E-state index is 11.8. The van der Waals surface area contributed by atoms with Crippen LogP contribution in [-0.4, -0.2) is 25.7 Å². The zero-order valence-corrected chi connectivity index (χ0v) is 11.4. The summed E-state index contributed by atoms with van der Waals surface area (Å²) in [7, 11) is 0. The molecule has 0 bridgehead atoms. The number of hydrogen-bond acceptors (Lipinski definition) is 4. The summed E-state index contributed by atoms with van der Waals surface area (Å²) >= 11 is 3.23. The number of halogens is 1. The van der Waals surface area contributed by atoms with E-state index in [0.717, 1.165) is 12.4 Å². The highest BCUT2D eigenvalue weighted by Gasteiger charge is 2.09. The van der Waals surface area contributed by atoms with Crippen molar-refractivity contribution in [1.29, 1.82) is 0 Å². The van der Waals surface area contributed by atoms with Gasteiger partial charge in [0.05, 0.1) is 6.54 Å². The Kier molecular flexibility index (Phi) is 4.03. The van der Waals surface area contributed by atoms with Crippen LogP contribution in [0.4, 0.5) is 0 Å². The monoisotopic (exact) mass is 309 g/mol. The van der Waals surface area contributed by atoms with Crippen LogP contribution < -0.4 is 5.32 Å². The van der Waals surface area contributed by atoms with E-state index in [1.54, 1.807) is 24.5 Å². The van der Waals surface area contributed by atoms with Crippen LogP contribution in [0.1, 0.15) is 23.2 Å². The highest BCUT2D eigenvalue weighted by atomic mass is 79.9. The third-order valence-electron chi connectivity index (χ3n) is 2.39. The van der Waals surface area contributed by atoms with Crippen molar-refractivity contribution in [2.24, 2.45) is 0 Å². The minimum atomic E-state index is -0.234. The average Bonchev–Trinajstić information content (AvgIpc) is 2.83. The van der Waals surface area contributed by atoms with Gasteiger partial charge in [-0.3, -0.25) is 4.79 Å². The fourth-order valence-corrected chi connectivity index (χ4v) is 1.81. The molecular formula is C11H12BrN5O. The van der Waals surface area contributed by atoms with Crippen LogP contribution in [0.2, 0.25) is 0 Å². The molecule has 2 heterocycles. The van der Waals surface area contributed by atoms with Crippen LogP contribution >= 0.6 is 15.9 Å². The normalized spacial score (nSPS) is 10.3. The molecule has 2 rings (SSSR count). The van der Waals surface area contributed by atoms with E-state index in [1.807, 2.05) is 11.5 Å². The van der Waals surface area contributed by atoms with Crippen molar-refractivity contribution in [2.75, 3.05) is 0 Å². The van der Waals surface area contributed by atoms with Crippen LogP contribution in [0.15, 0.2) is 29.1 Å². The predicted molar refractivity (Wildman–Crippen MR) is 68.8 cm³/mol. The molecule has 2 aromatic heterocycles. The summed E-state index contributed by atoms with van der Waals surface area (Å²) in [6, 6.07) is 5.19. The molecule has 0 aliphatic carbocycles. The van der Waals surface area contributed by atoms with E-state index < -0.39 is 0 Å². The maximum absolute atomic E-state index is 11.8. The largest absolute Gasteiger partial charge is 0.343 e. The minimum absolute atomic E-state index is 0.234. The summed E-state index contributed by atoms with van der Waals surface area (Å²) in [4.78, 5) is 15.9. The second-order valence-electron chi connectivity index (χ2n) is 3.56. The number of rotatable bonds is 4. The van der Waals surface area contributed by atoms with Gasteiger partial charge in [0.1, 0.15) is 16.6 Å². The zero-order chi connectivity index (χ0) is 13.0. The smallest absolute Gasteiger partial charge is 0.270 e. The van der Waals surface area contributed by atoms with Crippen molar-refractivity contribution in [3.8, 4) is 0 Å². The molecule has 0 atom stereocenters. The number of amides is 1. The number of nitrogens with one attached hydrogen (secondary N) is 1. The van der Waals surface area contributed by atoms with Gasteiger partial charge in [0, 0.05) is 6.54 Å². The lowest BCUT2D eigenvalue weighted by Crippen LogP contribution is -2.25. The highest BCUT2D eigenvalue weighted by Crippen LogP contribution is 2.06. The number of hydrogen-bond donors (Lipinski definition) is 1. The van der Waals surface area contributed by atoms with Gasteiger partial charge in [-0.2, -0.15) is 0 Å². The van der Waals surface area contributed by atoms with E-state index in [-0.39, 0.29) is 5.91 Å². The summed E-state index contributed by atoms with van der Waals surface area (Å²) in [6.45, 7) is 3.10. The molecule has 0 aliphatic heterocycles. The number of aromatic nitrogens is 4. The van der Waals surface area contributed by atoms with E-state index in [0.29, 0.717) is 16.8 Å². The first-order valence-electron chi connectivity index (χ1n) is 5.48. The summed E-state index contributed by atoms with van der Waals surface area (Å²) in [5.41, 5.74) is 0.368. The first-order valence-corrected chi connectivity index (χ1v) is 6.27. The maximum Gasteiger partial charge on any atom is 0.270 e. The lowest BCUT2D eigenvalue weighted by Gasteiger charge is -2.05. The number of carbonyl (C=O) groups excluding carboxylic acids is 1. The molecule has 0 unspecified atom stereocenters. The van der Waals surface area contributed by atoms with Crippen molar-refractivity contribution in [3.05, 3.63) is 40.6 Å². The Bertz CT molecular complexity index is 554. The second kappa shape index (κ2) is 5.72. The Morgan fingerprint density at radius 2 is 2.33 bits per heavy atom. The number of nitrogens with zero attached hydrogens (tertiary/aromatic N) is 4. The van der Waals surface area contributed by atoms with Gasteiger partial charge < -0.3 is 9.88 Å². The molecular weight excluding hydrogens is 298 g/mol. The molecule has 0 aliphatic rings. The summed E-state index contributed by atoms with van der Waals surface area (Å²) in [6.07, 6.45) is 1.64. The molecule has 6 nitrogen and oxygen atoms in total. The van der Waals surface area contributed by atoms with Gasteiger partial charge in [-0.05, 0) is 35.0 Å². The van der Waals surface area contributed by atoms with Crippen molar-refractivity contribution in [2.45, 2.75) is 20.0 Å². The van der Waals surface area contributed by atoms with E-state index in [2.05, 4.69) is 36.4 Å². The van der Waals surface area contributed by atoms with Crippen molar-refractivity contribution in [1.82, 2.24) is 25.1 Å². The summed E-state index contributed by atoms with van der Waals surface area (Å²) in [5.74, 6) is 0.489. The summed E-state index contributed by atoms with van der Waals surface area (Å²) < 4.78 is 2.50. The van der Waals surface area contributed by atoms with E-state index in [4.69, 9.17) is 0 Å². The lowest BCUT2D eigenvalue weighted by atomic mass is 10.3. The van der Waals surface area contributed by atoms with Crippen molar-refractivity contribution < 1.29 is 4.79 Å². The van der Waals surface area contributed by atoms with E-state index in [9.17, 15) is 4.79 Å². The Hall–Kier alpha value is -1.76. The van der Waals surface area contributed by atoms with Gasteiger partial charge in [-0.15, -0.1) is 10.2 Å². The third-order valence-corrected chi connectivity index (χ3v) is 2.83. The van der Waals surface area contributed by atoms with Crippen LogP contribution in [0.5, 0.6) is 0 Å². The van der Waals surface area contributed by atoms with E-state index >= 15 is 0 Å². The Labute approximate surface area is 113 Å². The van der Waals surface area contributed by atoms with Crippen molar-refractivity contribution >= 4 is 21.8 Å². The van der Waals surface area contributed by atoms with Crippen LogP contribution in [0.25, 0.3) is 0 Å². The Morgan fingerprint density at radius 3 is 3.06 bits per heavy atom. The van der Waals surface area contributed by atoms with Gasteiger partial charge in [-0.1, -0.05) is 6.07 Å². The molecule has 94 valence electrons. The van der Waals surface area contributed by atoms with Gasteiger partial charge in [0.25, 0.3) is 5.91 Å². The molecule has 0 saturated heterocycles.